The van der Waals surface area contributed by atoms with E-state index < -0.39 is 17.7 Å². The lowest BCUT2D eigenvalue weighted by atomic mass is 10.1. The second-order valence-electron chi connectivity index (χ2n) is 6.45. The van der Waals surface area contributed by atoms with Crippen LogP contribution in [-0.2, 0) is 17.5 Å². The average Bonchev–Trinajstić information content (AvgIpc) is 2.99. The monoisotopic (exact) mass is 474 g/mol. The number of halogens is 5. The summed E-state index contributed by atoms with van der Waals surface area (Å²) in [5.41, 5.74) is 0.483. The molecule has 0 radical (unpaired) electrons. The zero-order valence-corrected chi connectivity index (χ0v) is 17.2. The van der Waals surface area contributed by atoms with E-state index in [4.69, 9.17) is 16.3 Å². The molecule has 0 aliphatic heterocycles. The van der Waals surface area contributed by atoms with Crippen molar-refractivity contribution in [1.29, 1.82) is 0 Å². The molecule has 0 unspecified atom stereocenters. The maximum absolute atomic E-state index is 13.2. The molecule has 4 nitrogen and oxygen atoms in total. The molecule has 9 heteroatoms. The van der Waals surface area contributed by atoms with Crippen LogP contribution in [0.2, 0.25) is 5.02 Å². The Balaban J connectivity index is 2.00. The van der Waals surface area contributed by atoms with Gasteiger partial charge in [-0.25, -0.2) is 9.78 Å². The van der Waals surface area contributed by atoms with Crippen molar-refractivity contribution >= 4 is 39.1 Å². The van der Waals surface area contributed by atoms with E-state index in [-0.39, 0.29) is 23.2 Å². The van der Waals surface area contributed by atoms with Crippen molar-refractivity contribution in [3.8, 4) is 0 Å². The highest BCUT2D eigenvalue weighted by atomic mass is 79.9. The van der Waals surface area contributed by atoms with Crippen LogP contribution in [0.5, 0.6) is 0 Å². The van der Waals surface area contributed by atoms with Crippen LogP contribution in [0, 0.1) is 0 Å². The zero-order valence-electron chi connectivity index (χ0n) is 14.8. The Hall–Kier alpha value is -2.06. The Labute approximate surface area is 172 Å². The molecule has 0 N–H and O–H groups in total. The maximum atomic E-state index is 13.2. The number of carbonyl (C=O) groups is 1. The smallest absolute Gasteiger partial charge is 0.417 e. The number of alkyl halides is 3. The maximum Gasteiger partial charge on any atom is 0.417 e. The number of imidazole rings is 1. The van der Waals surface area contributed by atoms with Gasteiger partial charge in [0.2, 0.25) is 0 Å². The standard InChI is InChI=1S/C19H15BrClF3N2O2/c1-10(2)16-15(9-28-18(27)11-3-5-13(20)6-4-11)26-8-12(19(22,23)24)7-14(21)17(26)25-16/h3-8,10H,9H2,1-2H3. The number of aromatic nitrogens is 2. The van der Waals surface area contributed by atoms with Gasteiger partial charge < -0.3 is 4.74 Å². The molecule has 0 aliphatic carbocycles. The summed E-state index contributed by atoms with van der Waals surface area (Å²) in [6.45, 7) is 3.46. The number of hydrogen-bond acceptors (Lipinski definition) is 3. The van der Waals surface area contributed by atoms with Crippen LogP contribution in [0.3, 0.4) is 0 Å². The molecule has 0 saturated heterocycles. The fraction of sp³-hybridized carbons (Fsp3) is 0.263. The van der Waals surface area contributed by atoms with E-state index in [1.54, 1.807) is 24.3 Å². The predicted octanol–water partition coefficient (Wildman–Crippen LogP) is 6.25. The summed E-state index contributed by atoms with van der Waals surface area (Å²) in [4.78, 5) is 16.7. The molecule has 3 rings (SSSR count). The van der Waals surface area contributed by atoms with Gasteiger partial charge in [-0.05, 0) is 36.2 Å². The first-order valence-electron chi connectivity index (χ1n) is 8.28. The number of ether oxygens (including phenoxy) is 1. The SMILES string of the molecule is CC(C)c1nc2c(Cl)cc(C(F)(F)F)cn2c1COC(=O)c1ccc(Br)cc1. The van der Waals surface area contributed by atoms with Gasteiger partial charge in [-0.1, -0.05) is 41.4 Å². The molecule has 2 aromatic heterocycles. The van der Waals surface area contributed by atoms with Crippen LogP contribution < -0.4 is 0 Å². The van der Waals surface area contributed by atoms with Crippen molar-refractivity contribution in [2.45, 2.75) is 32.5 Å². The number of hydrogen-bond donors (Lipinski definition) is 0. The quantitative estimate of drug-likeness (QED) is 0.419. The molecule has 1 aromatic carbocycles. The van der Waals surface area contributed by atoms with Crippen LogP contribution in [-0.4, -0.2) is 15.4 Å². The van der Waals surface area contributed by atoms with E-state index in [1.165, 1.54) is 4.40 Å². The van der Waals surface area contributed by atoms with Crippen molar-refractivity contribution in [3.05, 3.63) is 68.5 Å². The van der Waals surface area contributed by atoms with E-state index in [0.717, 1.165) is 16.7 Å². The molecule has 28 heavy (non-hydrogen) atoms. The average molecular weight is 476 g/mol. The van der Waals surface area contributed by atoms with Gasteiger partial charge >= 0.3 is 12.1 Å². The van der Waals surface area contributed by atoms with Gasteiger partial charge in [-0.15, -0.1) is 0 Å². The highest BCUT2D eigenvalue weighted by Crippen LogP contribution is 2.34. The lowest BCUT2D eigenvalue weighted by Crippen LogP contribution is -2.10. The molecule has 0 spiro atoms. The van der Waals surface area contributed by atoms with E-state index in [1.807, 2.05) is 13.8 Å². The van der Waals surface area contributed by atoms with E-state index in [0.29, 0.717) is 17.0 Å². The molecule has 3 aromatic rings. The molecular formula is C19H15BrClF3N2O2. The Morgan fingerprint density at radius 3 is 2.50 bits per heavy atom. The Bertz CT molecular complexity index is 1030. The lowest BCUT2D eigenvalue weighted by Gasteiger charge is -2.11. The van der Waals surface area contributed by atoms with Crippen LogP contribution in [0.1, 0.15) is 47.1 Å². The molecule has 0 atom stereocenters. The molecule has 148 valence electrons. The van der Waals surface area contributed by atoms with Gasteiger partial charge in [-0.2, -0.15) is 13.2 Å². The van der Waals surface area contributed by atoms with Gasteiger partial charge in [0.05, 0.1) is 27.5 Å². The summed E-state index contributed by atoms with van der Waals surface area (Å²) in [5.74, 6) is -0.693. The number of rotatable bonds is 4. The minimum absolute atomic E-state index is 0.105. The number of pyridine rings is 1. The Morgan fingerprint density at radius 1 is 1.29 bits per heavy atom. The van der Waals surface area contributed by atoms with Gasteiger partial charge in [0, 0.05) is 10.7 Å². The van der Waals surface area contributed by atoms with Gasteiger partial charge in [0.1, 0.15) is 6.61 Å². The van der Waals surface area contributed by atoms with E-state index in [9.17, 15) is 18.0 Å². The Kier molecular flexibility index (Phi) is 5.72. The van der Waals surface area contributed by atoms with Gasteiger partial charge in [0.25, 0.3) is 0 Å². The largest absolute Gasteiger partial charge is 0.456 e. The summed E-state index contributed by atoms with van der Waals surface area (Å²) in [6.07, 6.45) is -3.64. The third kappa shape index (κ3) is 4.17. The Morgan fingerprint density at radius 2 is 1.93 bits per heavy atom. The normalized spacial score (nSPS) is 12.0. The topological polar surface area (TPSA) is 43.6 Å². The summed E-state index contributed by atoms with van der Waals surface area (Å²) < 4.78 is 46.9. The van der Waals surface area contributed by atoms with Gasteiger partial charge in [-0.3, -0.25) is 4.40 Å². The van der Waals surface area contributed by atoms with Crippen LogP contribution in [0.15, 0.2) is 41.0 Å². The zero-order chi connectivity index (χ0) is 20.6. The van der Waals surface area contributed by atoms with Crippen LogP contribution in [0.4, 0.5) is 13.2 Å². The van der Waals surface area contributed by atoms with E-state index in [2.05, 4.69) is 20.9 Å². The molecule has 2 heterocycles. The molecule has 0 fully saturated rings. The lowest BCUT2D eigenvalue weighted by molar-refractivity contribution is -0.137. The number of carbonyl (C=O) groups excluding carboxylic acids is 1. The van der Waals surface area contributed by atoms with Crippen LogP contribution >= 0.6 is 27.5 Å². The molecule has 0 aliphatic rings. The fourth-order valence-electron chi connectivity index (χ4n) is 2.73. The van der Waals surface area contributed by atoms with Crippen LogP contribution in [0.25, 0.3) is 5.65 Å². The molecular weight excluding hydrogens is 461 g/mol. The number of esters is 1. The van der Waals surface area contributed by atoms with Crippen molar-refractivity contribution in [1.82, 2.24) is 9.38 Å². The second-order valence-corrected chi connectivity index (χ2v) is 7.77. The number of fused-ring (bicyclic) bond motifs is 1. The minimum Gasteiger partial charge on any atom is -0.456 e. The number of benzene rings is 1. The summed E-state index contributed by atoms with van der Waals surface area (Å²) >= 11 is 9.32. The molecule has 0 amide bonds. The minimum atomic E-state index is -4.56. The first-order chi connectivity index (χ1) is 13.1. The third-order valence-corrected chi connectivity index (χ3v) is 4.91. The van der Waals surface area contributed by atoms with Crippen molar-refractivity contribution < 1.29 is 22.7 Å². The summed E-state index contributed by atoms with van der Waals surface area (Å²) in [7, 11) is 0. The van der Waals surface area contributed by atoms with Gasteiger partial charge in [0.15, 0.2) is 5.65 Å². The second kappa shape index (κ2) is 7.75. The van der Waals surface area contributed by atoms with Crippen molar-refractivity contribution in [2.75, 3.05) is 0 Å². The number of nitrogens with zero attached hydrogens (tertiary/aromatic N) is 2. The molecule has 0 bridgehead atoms. The fourth-order valence-corrected chi connectivity index (χ4v) is 3.25. The predicted molar refractivity (Wildman–Crippen MR) is 103 cm³/mol. The highest BCUT2D eigenvalue weighted by Gasteiger charge is 2.32. The summed E-state index contributed by atoms with van der Waals surface area (Å²) in [6, 6.07) is 7.40. The highest BCUT2D eigenvalue weighted by molar-refractivity contribution is 9.10. The van der Waals surface area contributed by atoms with E-state index >= 15 is 0 Å². The molecule has 0 saturated carbocycles. The summed E-state index contributed by atoms with van der Waals surface area (Å²) in [5, 5.41) is -0.123. The van der Waals surface area contributed by atoms with Crippen molar-refractivity contribution in [2.24, 2.45) is 0 Å². The third-order valence-electron chi connectivity index (χ3n) is 4.10. The van der Waals surface area contributed by atoms with Crippen molar-refractivity contribution in [3.63, 3.8) is 0 Å². The first-order valence-corrected chi connectivity index (χ1v) is 9.45. The first kappa shape index (κ1) is 20.7.